The number of nitrogens with two attached hydrogens (primary N) is 1. The highest BCUT2D eigenvalue weighted by molar-refractivity contribution is 7.52. The highest BCUT2D eigenvalue weighted by Gasteiger charge is 2.57. The minimum Gasteiger partial charge on any atom is -0.461 e. The quantitative estimate of drug-likeness (QED) is 0.192. The molecule has 1 aromatic carbocycles. The second-order valence-electron chi connectivity index (χ2n) is 10.9. The molecule has 8 atom stereocenters. The maximum absolute atomic E-state index is 14.1. The summed E-state index contributed by atoms with van der Waals surface area (Å²) in [6.07, 6.45) is 0.0683. The van der Waals surface area contributed by atoms with Gasteiger partial charge in [-0.3, -0.25) is 9.32 Å². The second-order valence-corrected chi connectivity index (χ2v) is 12.6. The van der Waals surface area contributed by atoms with Crippen LogP contribution in [0.15, 0.2) is 48.8 Å². The van der Waals surface area contributed by atoms with E-state index in [0.29, 0.717) is 11.2 Å². The largest absolute Gasteiger partial charge is 0.461 e. The number of anilines is 1. The van der Waals surface area contributed by atoms with Gasteiger partial charge in [-0.2, -0.15) is 15.4 Å². The van der Waals surface area contributed by atoms with Gasteiger partial charge >= 0.3 is 13.7 Å². The number of hydrogen-bond donors (Lipinski definition) is 4. The summed E-state index contributed by atoms with van der Waals surface area (Å²) in [5.74, 6) is -0.0957. The highest BCUT2D eigenvalue weighted by atomic mass is 31.2. The van der Waals surface area contributed by atoms with Crippen LogP contribution < -0.4 is 15.3 Å². The molecule has 1 saturated heterocycles. The van der Waals surface area contributed by atoms with Crippen LogP contribution in [0.2, 0.25) is 0 Å². The number of aliphatic hydroxyl groups is 2. The maximum Gasteiger partial charge on any atom is 0.459 e. The molecule has 2 aliphatic rings. The van der Waals surface area contributed by atoms with Gasteiger partial charge < -0.3 is 29.9 Å². The van der Waals surface area contributed by atoms with Crippen molar-refractivity contribution in [3.63, 3.8) is 0 Å². The molecule has 3 aromatic rings. The topological polar surface area (TPSA) is 204 Å². The molecule has 0 bridgehead atoms. The summed E-state index contributed by atoms with van der Waals surface area (Å²) in [6, 6.07) is 12.0. The smallest absolute Gasteiger partial charge is 0.459 e. The minimum absolute atomic E-state index is 0.161. The summed E-state index contributed by atoms with van der Waals surface area (Å²) in [5.41, 5.74) is 4.46. The Kier molecular flexibility index (Phi) is 9.03. The Morgan fingerprint density at radius 2 is 2.02 bits per heavy atom. The van der Waals surface area contributed by atoms with Crippen LogP contribution in [0, 0.1) is 17.2 Å². The van der Waals surface area contributed by atoms with E-state index < -0.39 is 50.3 Å². The molecule has 1 saturated carbocycles. The number of nitriles is 1. The lowest BCUT2D eigenvalue weighted by Gasteiger charge is -2.31. The number of ether oxygens (including phenoxy) is 2. The summed E-state index contributed by atoms with van der Waals surface area (Å²) in [4.78, 5) is 16.9. The molecule has 0 amide bonds. The summed E-state index contributed by atoms with van der Waals surface area (Å²) >= 11 is 0. The molecular weight excluding hydrogens is 579 g/mol. The van der Waals surface area contributed by atoms with Gasteiger partial charge in [0.2, 0.25) is 5.60 Å². The van der Waals surface area contributed by atoms with Gasteiger partial charge in [-0.25, -0.2) is 14.1 Å². The first kappa shape index (κ1) is 30.9. The number of benzene rings is 1. The first-order chi connectivity index (χ1) is 20.6. The lowest BCUT2D eigenvalue weighted by Crippen LogP contribution is -2.46. The Morgan fingerprint density at radius 3 is 2.74 bits per heavy atom. The Morgan fingerprint density at radius 1 is 1.28 bits per heavy atom. The predicted molar refractivity (Wildman–Crippen MR) is 152 cm³/mol. The predicted octanol–water partition coefficient (Wildman–Crippen LogP) is 2.67. The third-order valence-corrected chi connectivity index (χ3v) is 9.49. The monoisotopic (exact) mass is 614 g/mol. The van der Waals surface area contributed by atoms with E-state index in [1.807, 2.05) is 13.0 Å². The average molecular weight is 615 g/mol. The maximum atomic E-state index is 14.1. The summed E-state index contributed by atoms with van der Waals surface area (Å²) in [7, 11) is -4.42. The van der Waals surface area contributed by atoms with E-state index in [9.17, 15) is 24.8 Å². The number of nitrogens with zero attached hydrogens (tertiary/aromatic N) is 4. The molecule has 0 spiro atoms. The lowest BCUT2D eigenvalue weighted by molar-refractivity contribution is -0.155. The van der Waals surface area contributed by atoms with Crippen molar-refractivity contribution in [2.45, 2.75) is 75.6 Å². The van der Waals surface area contributed by atoms with Crippen molar-refractivity contribution in [2.75, 3.05) is 12.3 Å². The molecule has 2 fully saturated rings. The number of rotatable bonds is 10. The van der Waals surface area contributed by atoms with Gasteiger partial charge in [0, 0.05) is 0 Å². The van der Waals surface area contributed by atoms with Crippen molar-refractivity contribution < 1.29 is 38.1 Å². The zero-order chi connectivity index (χ0) is 30.8. The Bertz CT molecular complexity index is 1530. The van der Waals surface area contributed by atoms with Crippen LogP contribution in [0.25, 0.3) is 5.52 Å². The summed E-state index contributed by atoms with van der Waals surface area (Å²) in [6.45, 7) is 2.69. The van der Waals surface area contributed by atoms with Crippen molar-refractivity contribution in [1.82, 2.24) is 19.7 Å². The van der Waals surface area contributed by atoms with Crippen LogP contribution in [0.3, 0.4) is 0 Å². The zero-order valence-electron chi connectivity index (χ0n) is 23.8. The van der Waals surface area contributed by atoms with Crippen molar-refractivity contribution in [2.24, 2.45) is 5.92 Å². The number of nitrogens with one attached hydrogen (secondary N) is 1. The number of aromatic nitrogens is 3. The third kappa shape index (κ3) is 6.38. The van der Waals surface area contributed by atoms with Crippen molar-refractivity contribution in [3.8, 4) is 11.8 Å². The molecule has 1 aliphatic carbocycles. The first-order valence-electron chi connectivity index (χ1n) is 14.1. The van der Waals surface area contributed by atoms with Crippen molar-refractivity contribution in [3.05, 3.63) is 54.5 Å². The molecule has 0 radical (unpaired) electrons. The van der Waals surface area contributed by atoms with E-state index in [1.165, 1.54) is 29.9 Å². The number of fused-ring (bicyclic) bond motifs is 1. The van der Waals surface area contributed by atoms with Crippen LogP contribution in [-0.2, 0) is 23.4 Å². The van der Waals surface area contributed by atoms with E-state index >= 15 is 0 Å². The van der Waals surface area contributed by atoms with Crippen LogP contribution in [0.5, 0.6) is 5.75 Å². The van der Waals surface area contributed by atoms with Crippen molar-refractivity contribution in [1.29, 1.82) is 5.26 Å². The SMILES string of the molecule is C[C@H](NP(=O)(OC[C@@]1(C#N)O[C@@H](c2ccc3c(N)ncnn23)[C@H](O)[C@@H]1O)Oc1ccccc1)C(=O)O[C@@H]1CCCC[C@H]1C. The molecule has 5 N–H and O–H groups in total. The molecular formula is C28H35N6O8P. The third-order valence-electron chi connectivity index (χ3n) is 7.86. The number of aliphatic hydroxyl groups excluding tert-OH is 2. The second kappa shape index (κ2) is 12.6. The molecule has 1 aliphatic heterocycles. The fourth-order valence-electron chi connectivity index (χ4n) is 5.36. The van der Waals surface area contributed by atoms with Gasteiger partial charge in [0.1, 0.15) is 60.7 Å². The minimum atomic E-state index is -4.42. The first-order valence-corrected chi connectivity index (χ1v) is 15.6. The van der Waals surface area contributed by atoms with E-state index in [0.717, 1.165) is 25.7 Å². The standard InChI is InChI=1S/C28H35N6O8P/c1-17-8-6-7-11-22(17)40-27(37)18(2)33-43(38,42-19-9-4-3-5-10-19)39-15-28(14-29)25(36)23(35)24(41-28)20-12-13-21-26(30)31-16-32-34(20)21/h3-5,9-10,12-13,16-18,22-25,35-36H,6-8,11,15H2,1-2H3,(H,33,38)(H2,30,31,32)/t17-,18+,22-,23+,24+,25+,28-,43?/m1/s1. The van der Waals surface area contributed by atoms with E-state index in [4.69, 9.17) is 24.3 Å². The Balaban J connectivity index is 1.35. The van der Waals surface area contributed by atoms with Crippen LogP contribution in [0.4, 0.5) is 5.82 Å². The molecule has 14 nitrogen and oxygen atoms in total. The van der Waals surface area contributed by atoms with Gasteiger partial charge in [0.25, 0.3) is 0 Å². The molecule has 3 heterocycles. The van der Waals surface area contributed by atoms with Gasteiger partial charge in [-0.15, -0.1) is 0 Å². The molecule has 15 heteroatoms. The zero-order valence-corrected chi connectivity index (χ0v) is 24.7. The van der Waals surface area contributed by atoms with Gasteiger partial charge in [0.05, 0.1) is 5.69 Å². The Hall–Kier alpha value is -3.57. The van der Waals surface area contributed by atoms with Crippen LogP contribution in [0.1, 0.15) is 51.3 Å². The van der Waals surface area contributed by atoms with Gasteiger partial charge in [-0.05, 0) is 56.4 Å². The molecule has 1 unspecified atom stereocenters. The number of nitrogen functional groups attached to an aromatic ring is 1. The summed E-state index contributed by atoms with van der Waals surface area (Å²) in [5, 5.41) is 38.8. The van der Waals surface area contributed by atoms with E-state index in [-0.39, 0.29) is 23.6 Å². The summed E-state index contributed by atoms with van der Waals surface area (Å²) < 4.78 is 38.4. The lowest BCUT2D eigenvalue weighted by atomic mass is 9.88. The van der Waals surface area contributed by atoms with Gasteiger partial charge in [0.15, 0.2) is 5.82 Å². The van der Waals surface area contributed by atoms with Crippen molar-refractivity contribution >= 4 is 25.1 Å². The van der Waals surface area contributed by atoms with Crippen LogP contribution in [-0.4, -0.2) is 67.3 Å². The number of carbonyl (C=O) groups is 1. The Labute approximate surface area is 248 Å². The van der Waals surface area contributed by atoms with Crippen LogP contribution >= 0.6 is 7.75 Å². The molecule has 2 aromatic heterocycles. The number of carbonyl (C=O) groups excluding carboxylic acids is 1. The average Bonchev–Trinajstić information content (AvgIpc) is 3.53. The molecule has 43 heavy (non-hydrogen) atoms. The number of hydrogen-bond acceptors (Lipinski definition) is 12. The molecule has 5 rings (SSSR count). The van der Waals surface area contributed by atoms with Gasteiger partial charge in [-0.1, -0.05) is 31.5 Å². The normalized spacial score (nSPS) is 29.4. The fraction of sp³-hybridized carbons (Fsp3) is 0.500. The number of esters is 1. The molecule has 230 valence electrons. The number of para-hydroxylation sites is 1. The van der Waals surface area contributed by atoms with E-state index in [2.05, 4.69) is 15.2 Å². The van der Waals surface area contributed by atoms with E-state index in [1.54, 1.807) is 30.3 Å². The highest BCUT2D eigenvalue weighted by Crippen LogP contribution is 2.48. The fourth-order valence-corrected chi connectivity index (χ4v) is 6.89.